The quantitative estimate of drug-likeness (QED) is 0.633. The molecule has 8 heteroatoms. The van der Waals surface area contributed by atoms with Gasteiger partial charge in [0, 0.05) is 11.6 Å². The van der Waals surface area contributed by atoms with E-state index in [0.717, 1.165) is 0 Å². The Morgan fingerprint density at radius 2 is 1.83 bits per heavy atom. The predicted octanol–water partition coefficient (Wildman–Crippen LogP) is 2.75. The van der Waals surface area contributed by atoms with Crippen molar-refractivity contribution in [3.8, 4) is 11.8 Å². The van der Waals surface area contributed by atoms with Crippen LogP contribution < -0.4 is 20.9 Å². The molecule has 2 aromatic carbocycles. The molecule has 0 bridgehead atoms. The Hall–Kier alpha value is -4.12. The number of aromatic nitrogens is 2. The van der Waals surface area contributed by atoms with Crippen LogP contribution in [0.5, 0.6) is 5.75 Å². The lowest BCUT2D eigenvalue weighted by atomic mass is 9.79. The highest BCUT2D eigenvalue weighted by molar-refractivity contribution is 5.98. The summed E-state index contributed by atoms with van der Waals surface area (Å²) in [5.74, 6) is -1.17. The van der Waals surface area contributed by atoms with Gasteiger partial charge < -0.3 is 15.4 Å². The van der Waals surface area contributed by atoms with Crippen LogP contribution in [0.15, 0.2) is 59.4 Å². The lowest BCUT2D eigenvalue weighted by Crippen LogP contribution is -2.38. The van der Waals surface area contributed by atoms with E-state index in [1.165, 1.54) is 0 Å². The van der Waals surface area contributed by atoms with E-state index >= 15 is 0 Å². The zero-order valence-corrected chi connectivity index (χ0v) is 15.5. The second kappa shape index (κ2) is 7.48. The molecule has 1 aliphatic heterocycles. The normalized spacial score (nSPS) is 17.6. The van der Waals surface area contributed by atoms with Crippen molar-refractivity contribution >= 4 is 23.4 Å². The number of hydrogen-bond donors (Lipinski definition) is 3. The van der Waals surface area contributed by atoms with Crippen molar-refractivity contribution in [3.63, 3.8) is 0 Å². The van der Waals surface area contributed by atoms with Gasteiger partial charge >= 0.3 is 0 Å². The molecular weight excluding hydrogens is 370 g/mol. The minimum absolute atomic E-state index is 0.148. The van der Waals surface area contributed by atoms with E-state index in [4.69, 9.17) is 4.74 Å². The Morgan fingerprint density at radius 3 is 2.48 bits per heavy atom. The number of carbonyl (C=O) groups is 1. The Bertz CT molecular complexity index is 1150. The third kappa shape index (κ3) is 3.41. The molecule has 2 heterocycles. The number of carbonyl (C=O) groups excluding carboxylic acids is 1. The number of nitrogens with one attached hydrogen (secondary N) is 3. The molecule has 0 spiro atoms. The minimum Gasteiger partial charge on any atom is -0.497 e. The van der Waals surface area contributed by atoms with E-state index in [0.29, 0.717) is 17.0 Å². The largest absolute Gasteiger partial charge is 0.497 e. The molecule has 0 radical (unpaired) electrons. The molecule has 0 fully saturated rings. The van der Waals surface area contributed by atoms with Crippen LogP contribution >= 0.6 is 0 Å². The molecule has 8 nitrogen and oxygen atoms in total. The zero-order chi connectivity index (χ0) is 20.4. The first-order chi connectivity index (χ1) is 14.1. The fourth-order valence-corrected chi connectivity index (χ4v) is 3.40. The first-order valence-electron chi connectivity index (χ1n) is 8.91. The average Bonchev–Trinajstić information content (AvgIpc) is 2.74. The monoisotopic (exact) mass is 387 g/mol. The van der Waals surface area contributed by atoms with Crippen LogP contribution in [0.3, 0.4) is 0 Å². The maximum Gasteiger partial charge on any atom is 0.258 e. The summed E-state index contributed by atoms with van der Waals surface area (Å²) in [5.41, 5.74) is 1.24. The number of rotatable bonds is 4. The average molecular weight is 387 g/mol. The number of benzene rings is 2. The van der Waals surface area contributed by atoms with Gasteiger partial charge in [-0.3, -0.25) is 14.6 Å². The van der Waals surface area contributed by atoms with Gasteiger partial charge in [0.1, 0.15) is 17.5 Å². The predicted molar refractivity (Wildman–Crippen MR) is 107 cm³/mol. The van der Waals surface area contributed by atoms with E-state index in [-0.39, 0.29) is 17.3 Å². The molecule has 2 atom stereocenters. The highest BCUT2D eigenvalue weighted by Crippen LogP contribution is 2.37. The smallest absolute Gasteiger partial charge is 0.258 e. The van der Waals surface area contributed by atoms with Crippen LogP contribution in [0, 0.1) is 17.2 Å². The van der Waals surface area contributed by atoms with E-state index in [9.17, 15) is 14.9 Å². The van der Waals surface area contributed by atoms with Crippen molar-refractivity contribution in [2.24, 2.45) is 5.92 Å². The van der Waals surface area contributed by atoms with Crippen molar-refractivity contribution in [2.45, 2.75) is 5.92 Å². The molecule has 144 valence electrons. The standard InChI is InChI=1S/C21H17N5O3/c1-29-14-9-7-13(8-10-14)23-21-25-18-17(20(28)26-21)16(12-5-3-2-4-6-12)15(11-22)19(27)24-18/h2-10,15-16H,1H3,(H3,23,24,25,26,27,28)/t15-,16-/m0/s1. The molecule has 0 unspecified atom stereocenters. The molecule has 3 aromatic rings. The van der Waals surface area contributed by atoms with Crippen LogP contribution in [0.2, 0.25) is 0 Å². The Kier molecular flexibility index (Phi) is 4.71. The Labute approximate surface area is 166 Å². The number of anilines is 3. The fourth-order valence-electron chi connectivity index (χ4n) is 3.40. The molecule has 3 N–H and O–H groups in total. The molecule has 4 rings (SSSR count). The number of hydrogen-bond acceptors (Lipinski definition) is 6. The summed E-state index contributed by atoms with van der Waals surface area (Å²) in [6, 6.07) is 18.1. The van der Waals surface area contributed by atoms with Crippen molar-refractivity contribution in [3.05, 3.63) is 76.1 Å². The Balaban J connectivity index is 1.76. The number of amides is 1. The second-order valence-corrected chi connectivity index (χ2v) is 6.51. The van der Waals surface area contributed by atoms with Crippen LogP contribution in [0.4, 0.5) is 17.5 Å². The highest BCUT2D eigenvalue weighted by atomic mass is 16.5. The first-order valence-corrected chi connectivity index (χ1v) is 8.91. The summed E-state index contributed by atoms with van der Waals surface area (Å²) in [5, 5.41) is 15.1. The van der Waals surface area contributed by atoms with E-state index in [1.807, 2.05) is 12.1 Å². The summed E-state index contributed by atoms with van der Waals surface area (Å²) < 4.78 is 5.12. The topological polar surface area (TPSA) is 120 Å². The van der Waals surface area contributed by atoms with Gasteiger partial charge in [-0.05, 0) is 29.8 Å². The van der Waals surface area contributed by atoms with Gasteiger partial charge in [-0.1, -0.05) is 30.3 Å². The maximum absolute atomic E-state index is 12.9. The summed E-state index contributed by atoms with van der Waals surface area (Å²) in [6.45, 7) is 0. The Morgan fingerprint density at radius 1 is 1.10 bits per heavy atom. The van der Waals surface area contributed by atoms with Gasteiger partial charge in [0.05, 0.1) is 18.7 Å². The summed E-state index contributed by atoms with van der Waals surface area (Å²) >= 11 is 0. The molecular formula is C21H17N5O3. The van der Waals surface area contributed by atoms with Crippen molar-refractivity contribution in [1.29, 1.82) is 5.26 Å². The number of aromatic amines is 1. The lowest BCUT2D eigenvalue weighted by molar-refractivity contribution is -0.119. The number of nitrogens with zero attached hydrogens (tertiary/aromatic N) is 2. The maximum atomic E-state index is 12.9. The van der Waals surface area contributed by atoms with Gasteiger partial charge in [-0.2, -0.15) is 10.2 Å². The summed E-state index contributed by atoms with van der Waals surface area (Å²) in [7, 11) is 1.57. The van der Waals surface area contributed by atoms with Crippen LogP contribution in [0.1, 0.15) is 17.0 Å². The molecule has 0 aliphatic carbocycles. The van der Waals surface area contributed by atoms with Crippen LogP contribution in [-0.4, -0.2) is 23.0 Å². The van der Waals surface area contributed by atoms with Crippen LogP contribution in [-0.2, 0) is 4.79 Å². The summed E-state index contributed by atoms with van der Waals surface area (Å²) in [4.78, 5) is 32.5. The second-order valence-electron chi connectivity index (χ2n) is 6.51. The molecule has 0 saturated carbocycles. The zero-order valence-electron chi connectivity index (χ0n) is 15.5. The fraction of sp³-hybridized carbons (Fsp3) is 0.143. The van der Waals surface area contributed by atoms with Gasteiger partial charge in [-0.15, -0.1) is 0 Å². The number of nitriles is 1. The van der Waals surface area contributed by atoms with Crippen molar-refractivity contribution in [2.75, 3.05) is 17.7 Å². The van der Waals surface area contributed by atoms with E-state index < -0.39 is 23.3 Å². The van der Waals surface area contributed by atoms with E-state index in [2.05, 4.69) is 20.6 Å². The minimum atomic E-state index is -1.02. The van der Waals surface area contributed by atoms with Crippen LogP contribution in [0.25, 0.3) is 0 Å². The van der Waals surface area contributed by atoms with Gasteiger partial charge in [-0.25, -0.2) is 0 Å². The highest BCUT2D eigenvalue weighted by Gasteiger charge is 2.40. The number of ether oxygens (including phenoxy) is 1. The summed E-state index contributed by atoms with van der Waals surface area (Å²) in [6.07, 6.45) is 0. The molecule has 1 aliphatic rings. The third-order valence-electron chi connectivity index (χ3n) is 4.77. The van der Waals surface area contributed by atoms with Crippen molar-refractivity contribution < 1.29 is 9.53 Å². The van der Waals surface area contributed by atoms with Gasteiger partial charge in [0.15, 0.2) is 0 Å². The third-order valence-corrected chi connectivity index (χ3v) is 4.77. The molecule has 1 amide bonds. The SMILES string of the molecule is COc1ccc(Nc2nc3c(c(=O)[nH]2)[C@@H](c2ccccc2)[C@H](C#N)C(=O)N3)cc1. The molecule has 1 aromatic heterocycles. The molecule has 29 heavy (non-hydrogen) atoms. The number of methoxy groups -OCH3 is 1. The molecule has 0 saturated heterocycles. The van der Waals surface area contributed by atoms with E-state index in [1.54, 1.807) is 55.6 Å². The van der Waals surface area contributed by atoms with Gasteiger partial charge in [0.2, 0.25) is 11.9 Å². The van der Waals surface area contributed by atoms with Crippen molar-refractivity contribution in [1.82, 2.24) is 9.97 Å². The first kappa shape index (κ1) is 18.3. The lowest BCUT2D eigenvalue weighted by Gasteiger charge is -2.28. The van der Waals surface area contributed by atoms with Gasteiger partial charge in [0.25, 0.3) is 5.56 Å². The number of H-pyrrole nitrogens is 1. The number of fused-ring (bicyclic) bond motifs is 1.